The summed E-state index contributed by atoms with van der Waals surface area (Å²) in [6.45, 7) is 2.64. The van der Waals surface area contributed by atoms with Crippen molar-refractivity contribution in [3.8, 4) is 0 Å². The van der Waals surface area contributed by atoms with E-state index < -0.39 is 0 Å². The van der Waals surface area contributed by atoms with Gasteiger partial charge in [0, 0.05) is 25.4 Å². The van der Waals surface area contributed by atoms with E-state index in [-0.39, 0.29) is 11.5 Å². The Bertz CT molecular complexity index is 395. The van der Waals surface area contributed by atoms with Crippen molar-refractivity contribution in [2.45, 2.75) is 55.6 Å². The fourth-order valence-corrected chi connectivity index (χ4v) is 8.51. The fourth-order valence-electron chi connectivity index (χ4n) is 4.53. The van der Waals surface area contributed by atoms with Crippen molar-refractivity contribution in [1.29, 1.82) is 0 Å². The number of carbonyl (C=O) groups is 1. The van der Waals surface area contributed by atoms with Gasteiger partial charge in [-0.1, -0.05) is 6.92 Å². The number of ether oxygens (including phenoxy) is 2. The summed E-state index contributed by atoms with van der Waals surface area (Å²) in [6.07, 6.45) is 6.26. The van der Waals surface area contributed by atoms with Crippen molar-refractivity contribution < 1.29 is 14.3 Å². The van der Waals surface area contributed by atoms with Gasteiger partial charge in [-0.15, -0.1) is 23.5 Å². The summed E-state index contributed by atoms with van der Waals surface area (Å²) < 4.78 is 11.4. The Labute approximate surface area is 136 Å². The zero-order valence-electron chi connectivity index (χ0n) is 13.1. The van der Waals surface area contributed by atoms with Crippen molar-refractivity contribution in [3.05, 3.63) is 0 Å². The molecule has 1 spiro atoms. The monoisotopic (exact) mass is 330 g/mol. The van der Waals surface area contributed by atoms with Crippen LogP contribution in [-0.2, 0) is 14.3 Å². The molecule has 120 valence electrons. The van der Waals surface area contributed by atoms with E-state index in [1.165, 1.54) is 24.3 Å². The van der Waals surface area contributed by atoms with Gasteiger partial charge in [0.2, 0.25) is 0 Å². The predicted molar refractivity (Wildman–Crippen MR) is 88.7 cm³/mol. The Balaban J connectivity index is 1.86. The molecule has 2 saturated carbocycles. The zero-order valence-corrected chi connectivity index (χ0v) is 14.7. The van der Waals surface area contributed by atoms with Crippen LogP contribution in [0.5, 0.6) is 0 Å². The highest BCUT2D eigenvalue weighted by atomic mass is 32.2. The van der Waals surface area contributed by atoms with Gasteiger partial charge in [-0.2, -0.15) is 0 Å². The SMILES string of the molecule is COCO[C@H]1CCC2(SCCCS2)C2CCC(=O)C[C@]21C. The fraction of sp³-hybridized carbons (Fsp3) is 0.938. The number of Topliss-reactive ketones (excluding diaryl/α,β-unsaturated/α-hetero) is 1. The van der Waals surface area contributed by atoms with E-state index in [2.05, 4.69) is 30.4 Å². The normalized spacial score (nSPS) is 39.2. The van der Waals surface area contributed by atoms with Crippen molar-refractivity contribution in [3.63, 3.8) is 0 Å². The second kappa shape index (κ2) is 6.42. The number of methoxy groups -OCH3 is 1. The molecule has 0 aromatic carbocycles. The summed E-state index contributed by atoms with van der Waals surface area (Å²) in [7, 11) is 1.67. The first-order valence-corrected chi connectivity index (χ1v) is 9.98. The van der Waals surface area contributed by atoms with Crippen LogP contribution in [-0.4, -0.2) is 41.4 Å². The smallest absolute Gasteiger partial charge is 0.146 e. The maximum atomic E-state index is 12.1. The molecule has 1 unspecified atom stereocenters. The minimum Gasteiger partial charge on any atom is -0.359 e. The van der Waals surface area contributed by atoms with Crippen LogP contribution in [0.3, 0.4) is 0 Å². The van der Waals surface area contributed by atoms with Crippen LogP contribution >= 0.6 is 23.5 Å². The molecule has 0 aromatic heterocycles. The van der Waals surface area contributed by atoms with Gasteiger partial charge in [0.25, 0.3) is 0 Å². The molecule has 3 nitrogen and oxygen atoms in total. The van der Waals surface area contributed by atoms with Crippen LogP contribution in [0.15, 0.2) is 0 Å². The van der Waals surface area contributed by atoms with Crippen LogP contribution in [0.25, 0.3) is 0 Å². The molecular weight excluding hydrogens is 304 g/mol. The number of carbonyl (C=O) groups excluding carboxylic acids is 1. The van der Waals surface area contributed by atoms with Crippen molar-refractivity contribution >= 4 is 29.3 Å². The minimum absolute atomic E-state index is 0.0105. The largest absolute Gasteiger partial charge is 0.359 e. The van der Waals surface area contributed by atoms with Gasteiger partial charge in [-0.05, 0) is 43.1 Å². The van der Waals surface area contributed by atoms with E-state index in [1.54, 1.807) is 7.11 Å². The topological polar surface area (TPSA) is 35.5 Å². The lowest BCUT2D eigenvalue weighted by molar-refractivity contribution is -0.163. The molecule has 0 N–H and O–H groups in total. The number of rotatable bonds is 3. The van der Waals surface area contributed by atoms with E-state index >= 15 is 0 Å². The Morgan fingerprint density at radius 2 is 2.05 bits per heavy atom. The molecule has 0 radical (unpaired) electrons. The molecule has 3 rings (SSSR count). The Kier molecular flexibility index (Phi) is 4.94. The molecule has 1 heterocycles. The molecule has 0 aromatic rings. The summed E-state index contributed by atoms with van der Waals surface area (Å²) in [5.41, 5.74) is -0.0105. The lowest BCUT2D eigenvalue weighted by Gasteiger charge is -2.58. The maximum Gasteiger partial charge on any atom is 0.146 e. The third-order valence-electron chi connectivity index (χ3n) is 5.48. The van der Waals surface area contributed by atoms with E-state index in [0.29, 0.717) is 29.0 Å². The summed E-state index contributed by atoms with van der Waals surface area (Å²) >= 11 is 4.33. The Hall–Kier alpha value is 0.290. The van der Waals surface area contributed by atoms with Crippen molar-refractivity contribution in [1.82, 2.24) is 0 Å². The number of thioether (sulfide) groups is 2. The van der Waals surface area contributed by atoms with Crippen LogP contribution in [0, 0.1) is 11.3 Å². The molecule has 1 aliphatic heterocycles. The predicted octanol–water partition coefficient (Wildman–Crippen LogP) is 3.71. The highest BCUT2D eigenvalue weighted by molar-refractivity contribution is 8.18. The number of fused-ring (bicyclic) bond motifs is 2. The molecule has 0 bridgehead atoms. The highest BCUT2D eigenvalue weighted by Crippen LogP contribution is 2.64. The number of hydrogen-bond donors (Lipinski definition) is 0. The second-order valence-electron chi connectivity index (χ2n) is 6.78. The van der Waals surface area contributed by atoms with Gasteiger partial charge in [0.05, 0.1) is 10.2 Å². The Morgan fingerprint density at radius 1 is 1.29 bits per heavy atom. The average Bonchev–Trinajstić information content (AvgIpc) is 2.47. The minimum atomic E-state index is -0.0105. The van der Waals surface area contributed by atoms with Crippen molar-refractivity contribution in [2.75, 3.05) is 25.4 Å². The summed E-state index contributed by atoms with van der Waals surface area (Å²) in [4.78, 5) is 12.1. The van der Waals surface area contributed by atoms with E-state index in [9.17, 15) is 4.79 Å². The molecule has 3 fully saturated rings. The van der Waals surface area contributed by atoms with Gasteiger partial charge in [-0.3, -0.25) is 4.79 Å². The number of ketones is 1. The first kappa shape index (κ1) is 16.2. The molecule has 3 aliphatic rings. The van der Waals surface area contributed by atoms with Gasteiger partial charge >= 0.3 is 0 Å². The van der Waals surface area contributed by atoms with E-state index in [1.807, 2.05) is 0 Å². The van der Waals surface area contributed by atoms with Gasteiger partial charge < -0.3 is 9.47 Å². The van der Waals surface area contributed by atoms with Crippen molar-refractivity contribution in [2.24, 2.45) is 11.3 Å². The quantitative estimate of drug-likeness (QED) is 0.737. The zero-order chi connectivity index (χ0) is 14.9. The molecule has 3 atom stereocenters. The molecule has 0 amide bonds. The first-order chi connectivity index (χ1) is 10.1. The summed E-state index contributed by atoms with van der Waals surface area (Å²) in [5.74, 6) is 3.56. The summed E-state index contributed by atoms with van der Waals surface area (Å²) in [5, 5.41) is 0. The third-order valence-corrected chi connectivity index (χ3v) is 9.12. The average molecular weight is 331 g/mol. The van der Waals surface area contributed by atoms with Crippen LogP contribution in [0.1, 0.15) is 45.4 Å². The lowest BCUT2D eigenvalue weighted by Crippen LogP contribution is -2.57. The maximum absolute atomic E-state index is 12.1. The molecule has 21 heavy (non-hydrogen) atoms. The van der Waals surface area contributed by atoms with E-state index in [0.717, 1.165) is 19.3 Å². The molecular formula is C16H26O3S2. The summed E-state index contributed by atoms with van der Waals surface area (Å²) in [6, 6.07) is 0. The first-order valence-electron chi connectivity index (χ1n) is 8.01. The lowest BCUT2D eigenvalue weighted by atomic mass is 9.58. The molecule has 1 saturated heterocycles. The van der Waals surface area contributed by atoms with Gasteiger partial charge in [-0.25, -0.2) is 0 Å². The molecule has 2 aliphatic carbocycles. The number of hydrogen-bond acceptors (Lipinski definition) is 5. The highest BCUT2D eigenvalue weighted by Gasteiger charge is 2.59. The van der Waals surface area contributed by atoms with Gasteiger partial charge in [0.15, 0.2) is 0 Å². The third kappa shape index (κ3) is 2.91. The van der Waals surface area contributed by atoms with Crippen LogP contribution < -0.4 is 0 Å². The van der Waals surface area contributed by atoms with E-state index in [4.69, 9.17) is 9.47 Å². The van der Waals surface area contributed by atoms with Gasteiger partial charge in [0.1, 0.15) is 12.6 Å². The van der Waals surface area contributed by atoms with Crippen LogP contribution in [0.4, 0.5) is 0 Å². The standard InChI is InChI=1S/C16H26O3S2/c1-15-10-12(17)4-5-13(15)16(20-8-3-9-21-16)7-6-14(15)19-11-18-2/h13-14H,3-11H2,1-2H3/t13?,14-,15+/m0/s1. The van der Waals surface area contributed by atoms with Crippen LogP contribution in [0.2, 0.25) is 0 Å². The second-order valence-corrected chi connectivity index (χ2v) is 9.88. The molecule has 5 heteroatoms. The Morgan fingerprint density at radius 3 is 2.76 bits per heavy atom.